The van der Waals surface area contributed by atoms with E-state index in [2.05, 4.69) is 12.2 Å². The van der Waals surface area contributed by atoms with Crippen molar-refractivity contribution in [1.82, 2.24) is 10.2 Å². The zero-order chi connectivity index (χ0) is 10.3. The smallest absolute Gasteiger partial charge is 0.228 e. The fraction of sp³-hybridized carbons (Fsp3) is 0.889. The Hall–Kier alpha value is 0.01000. The highest BCUT2D eigenvalue weighted by atomic mass is 35.5. The molecule has 2 aliphatic rings. The number of amides is 1. The van der Waals surface area contributed by atoms with Crippen LogP contribution in [0.2, 0.25) is 0 Å². The third-order valence-corrected chi connectivity index (χ3v) is 3.64. The number of hydrogen-bond acceptors (Lipinski definition) is 2. The molecule has 2 unspecified atom stereocenters. The molecule has 0 aromatic heterocycles. The molecule has 1 aliphatic carbocycles. The molecule has 1 heterocycles. The van der Waals surface area contributed by atoms with Crippen molar-refractivity contribution in [1.29, 1.82) is 0 Å². The number of halogens is 2. The van der Waals surface area contributed by atoms with E-state index in [-0.39, 0.29) is 11.8 Å². The fourth-order valence-corrected chi connectivity index (χ4v) is 2.33. The average molecular weight is 237 g/mol. The lowest BCUT2D eigenvalue weighted by Gasteiger charge is -2.32. The number of hydrogen-bond donors (Lipinski definition) is 1. The standard InChI is InChI=1S/C9H14Cl2N2O/c1-6-5-13(3-2-12-6)8(14)7-4-9(7,10)11/h6-7,12H,2-5H2,1H3. The molecule has 14 heavy (non-hydrogen) atoms. The predicted molar refractivity (Wildman–Crippen MR) is 56.6 cm³/mol. The van der Waals surface area contributed by atoms with Crippen LogP contribution in [-0.4, -0.2) is 40.8 Å². The molecule has 0 bridgehead atoms. The number of nitrogens with zero attached hydrogens (tertiary/aromatic N) is 1. The molecule has 0 spiro atoms. The van der Waals surface area contributed by atoms with Gasteiger partial charge in [0.05, 0.1) is 5.92 Å². The zero-order valence-corrected chi connectivity index (χ0v) is 9.61. The molecule has 2 fully saturated rings. The lowest BCUT2D eigenvalue weighted by molar-refractivity contribution is -0.133. The van der Waals surface area contributed by atoms with Gasteiger partial charge in [-0.3, -0.25) is 4.79 Å². The van der Waals surface area contributed by atoms with E-state index in [4.69, 9.17) is 23.2 Å². The highest BCUT2D eigenvalue weighted by molar-refractivity contribution is 6.52. The second-order valence-electron chi connectivity index (χ2n) is 4.16. The maximum absolute atomic E-state index is 11.9. The van der Waals surface area contributed by atoms with E-state index < -0.39 is 4.33 Å². The lowest BCUT2D eigenvalue weighted by Crippen LogP contribution is -2.52. The molecule has 0 aromatic carbocycles. The van der Waals surface area contributed by atoms with Crippen LogP contribution in [0.25, 0.3) is 0 Å². The fourth-order valence-electron chi connectivity index (χ4n) is 1.83. The van der Waals surface area contributed by atoms with Gasteiger partial charge in [0.25, 0.3) is 0 Å². The monoisotopic (exact) mass is 236 g/mol. The molecule has 0 aromatic rings. The maximum atomic E-state index is 11.9. The molecule has 0 radical (unpaired) electrons. The Bertz CT molecular complexity index is 257. The second-order valence-corrected chi connectivity index (χ2v) is 5.70. The summed E-state index contributed by atoms with van der Waals surface area (Å²) in [5.74, 6) is -0.0560. The first-order valence-corrected chi connectivity index (χ1v) is 5.66. The van der Waals surface area contributed by atoms with E-state index >= 15 is 0 Å². The number of carbonyl (C=O) groups excluding carboxylic acids is 1. The molecule has 2 atom stereocenters. The lowest BCUT2D eigenvalue weighted by atomic mass is 10.2. The SMILES string of the molecule is CC1CN(C(=O)C2CC2(Cl)Cl)CCN1. The largest absolute Gasteiger partial charge is 0.340 e. The molecule has 5 heteroatoms. The van der Waals surface area contributed by atoms with Crippen LogP contribution in [0.4, 0.5) is 0 Å². The van der Waals surface area contributed by atoms with Gasteiger partial charge in [-0.05, 0) is 13.3 Å². The van der Waals surface area contributed by atoms with Crippen LogP contribution >= 0.6 is 23.2 Å². The van der Waals surface area contributed by atoms with E-state index in [9.17, 15) is 4.79 Å². The van der Waals surface area contributed by atoms with Crippen LogP contribution < -0.4 is 5.32 Å². The minimum absolute atomic E-state index is 0.114. The first-order chi connectivity index (χ1) is 6.50. The van der Waals surface area contributed by atoms with E-state index in [0.717, 1.165) is 19.6 Å². The Labute approximate surface area is 93.7 Å². The maximum Gasteiger partial charge on any atom is 0.228 e. The molecular weight excluding hydrogens is 223 g/mol. The van der Waals surface area contributed by atoms with E-state index in [1.807, 2.05) is 4.90 Å². The third kappa shape index (κ3) is 2.00. The van der Waals surface area contributed by atoms with E-state index in [1.54, 1.807) is 0 Å². The molecular formula is C9H14Cl2N2O. The van der Waals surface area contributed by atoms with E-state index in [0.29, 0.717) is 12.5 Å². The van der Waals surface area contributed by atoms with Gasteiger partial charge in [-0.15, -0.1) is 23.2 Å². The molecule has 2 rings (SSSR count). The average Bonchev–Trinajstić information content (AvgIpc) is 2.74. The first kappa shape index (κ1) is 10.5. The zero-order valence-electron chi connectivity index (χ0n) is 8.09. The molecule has 1 aliphatic heterocycles. The Morgan fingerprint density at radius 3 is 2.71 bits per heavy atom. The topological polar surface area (TPSA) is 32.3 Å². The molecule has 3 nitrogen and oxygen atoms in total. The van der Waals surface area contributed by atoms with Gasteiger partial charge in [0.15, 0.2) is 0 Å². The first-order valence-electron chi connectivity index (χ1n) is 4.91. The van der Waals surface area contributed by atoms with Crippen LogP contribution in [-0.2, 0) is 4.79 Å². The second kappa shape index (κ2) is 3.54. The quantitative estimate of drug-likeness (QED) is 0.690. The number of rotatable bonds is 1. The van der Waals surface area contributed by atoms with Crippen molar-refractivity contribution in [3.05, 3.63) is 0 Å². The summed E-state index contributed by atoms with van der Waals surface area (Å²) in [5.41, 5.74) is 0. The predicted octanol–water partition coefficient (Wildman–Crippen LogP) is 1.00. The van der Waals surface area contributed by atoms with Crippen molar-refractivity contribution < 1.29 is 4.79 Å². The van der Waals surface area contributed by atoms with Gasteiger partial charge < -0.3 is 10.2 Å². The van der Waals surface area contributed by atoms with Crippen molar-refractivity contribution in [2.75, 3.05) is 19.6 Å². The van der Waals surface area contributed by atoms with Gasteiger partial charge in [0.2, 0.25) is 5.91 Å². The van der Waals surface area contributed by atoms with Crippen LogP contribution in [0.1, 0.15) is 13.3 Å². The molecule has 1 amide bonds. The van der Waals surface area contributed by atoms with Crippen molar-refractivity contribution in [2.24, 2.45) is 5.92 Å². The summed E-state index contributed by atoms with van der Waals surface area (Å²) < 4.78 is -0.787. The van der Waals surface area contributed by atoms with Gasteiger partial charge >= 0.3 is 0 Å². The van der Waals surface area contributed by atoms with Gasteiger partial charge in [0.1, 0.15) is 4.33 Å². The van der Waals surface area contributed by atoms with Gasteiger partial charge in [-0.25, -0.2) is 0 Å². The van der Waals surface area contributed by atoms with Gasteiger partial charge in [0, 0.05) is 25.7 Å². The summed E-state index contributed by atoms with van der Waals surface area (Å²) in [6.45, 7) is 4.46. The number of piperazine rings is 1. The number of alkyl halides is 2. The Morgan fingerprint density at radius 2 is 2.21 bits per heavy atom. The number of carbonyl (C=O) groups is 1. The summed E-state index contributed by atoms with van der Waals surface area (Å²) in [4.78, 5) is 13.7. The van der Waals surface area contributed by atoms with Gasteiger partial charge in [-0.1, -0.05) is 0 Å². The van der Waals surface area contributed by atoms with Crippen LogP contribution in [0.5, 0.6) is 0 Å². The molecule has 1 saturated carbocycles. The van der Waals surface area contributed by atoms with Crippen LogP contribution in [0.15, 0.2) is 0 Å². The summed E-state index contributed by atoms with van der Waals surface area (Å²) in [7, 11) is 0. The highest BCUT2D eigenvalue weighted by Gasteiger charge is 2.57. The normalized spacial score (nSPS) is 35.5. The van der Waals surface area contributed by atoms with Crippen molar-refractivity contribution in [3.63, 3.8) is 0 Å². The van der Waals surface area contributed by atoms with Gasteiger partial charge in [-0.2, -0.15) is 0 Å². The number of nitrogens with one attached hydrogen (secondary N) is 1. The minimum Gasteiger partial charge on any atom is -0.340 e. The molecule has 1 N–H and O–H groups in total. The minimum atomic E-state index is -0.787. The van der Waals surface area contributed by atoms with Crippen molar-refractivity contribution in [3.8, 4) is 0 Å². The summed E-state index contributed by atoms with van der Waals surface area (Å²) in [6.07, 6.45) is 0.604. The molecule has 80 valence electrons. The Balaban J connectivity index is 1.92. The summed E-state index contributed by atoms with van der Waals surface area (Å²) in [5, 5.41) is 3.29. The van der Waals surface area contributed by atoms with Crippen LogP contribution in [0, 0.1) is 5.92 Å². The Morgan fingerprint density at radius 1 is 1.57 bits per heavy atom. The Kier molecular flexibility index (Phi) is 2.66. The molecule has 1 saturated heterocycles. The van der Waals surface area contributed by atoms with Crippen LogP contribution in [0.3, 0.4) is 0 Å². The summed E-state index contributed by atoms with van der Waals surface area (Å²) >= 11 is 11.7. The van der Waals surface area contributed by atoms with Crippen molar-refractivity contribution in [2.45, 2.75) is 23.7 Å². The van der Waals surface area contributed by atoms with Crippen molar-refractivity contribution >= 4 is 29.1 Å². The highest BCUT2D eigenvalue weighted by Crippen LogP contribution is 2.53. The summed E-state index contributed by atoms with van der Waals surface area (Å²) in [6, 6.07) is 0.367. The third-order valence-electron chi connectivity index (χ3n) is 2.80. The van der Waals surface area contributed by atoms with E-state index in [1.165, 1.54) is 0 Å².